The van der Waals surface area contributed by atoms with Crippen LogP contribution in [-0.2, 0) is 17.8 Å². The van der Waals surface area contributed by atoms with Crippen LogP contribution in [0.5, 0.6) is 0 Å². The number of anilines is 1. The zero-order chi connectivity index (χ0) is 20.0. The number of likely N-dealkylation sites (N-methyl/N-ethyl adjacent to an activating group) is 1. The first-order valence-electron chi connectivity index (χ1n) is 10.3. The maximum Gasteiger partial charge on any atom is 0.414 e. The minimum absolute atomic E-state index is 0.00874. The number of rotatable bonds is 2. The van der Waals surface area contributed by atoms with Gasteiger partial charge >= 0.3 is 6.09 Å². The highest BCUT2D eigenvalue weighted by atomic mass is 16.6. The van der Waals surface area contributed by atoms with Gasteiger partial charge in [-0.15, -0.1) is 0 Å². The number of benzene rings is 2. The summed E-state index contributed by atoms with van der Waals surface area (Å²) in [6, 6.07) is 18.5. The lowest BCUT2D eigenvalue weighted by Crippen LogP contribution is -2.43. The van der Waals surface area contributed by atoms with E-state index < -0.39 is 0 Å². The third-order valence-corrected chi connectivity index (χ3v) is 6.85. The maximum absolute atomic E-state index is 12.6. The van der Waals surface area contributed by atoms with Crippen LogP contribution in [0.15, 0.2) is 77.5 Å². The van der Waals surface area contributed by atoms with Gasteiger partial charge < -0.3 is 9.64 Å². The minimum atomic E-state index is -0.262. The molecule has 1 spiro atoms. The number of carbonyl (C=O) groups excluding carboxylic acids is 1. The Labute approximate surface area is 172 Å². The molecule has 1 atom stereocenters. The SMILES string of the molecule is CC1=C2CCN(C(=O)OCc3ccccc3)C=C2CC12Cc1ccccc1N2C. The Morgan fingerprint density at radius 2 is 1.83 bits per heavy atom. The molecule has 5 rings (SSSR count). The summed E-state index contributed by atoms with van der Waals surface area (Å²) in [5.74, 6) is 0. The lowest BCUT2D eigenvalue weighted by atomic mass is 9.87. The predicted octanol–water partition coefficient (Wildman–Crippen LogP) is 5.06. The summed E-state index contributed by atoms with van der Waals surface area (Å²) in [7, 11) is 2.21. The van der Waals surface area contributed by atoms with Crippen LogP contribution in [0.2, 0.25) is 0 Å². The number of nitrogens with zero attached hydrogens (tertiary/aromatic N) is 2. The van der Waals surface area contributed by atoms with Crippen molar-refractivity contribution in [1.29, 1.82) is 0 Å². The number of para-hydroxylation sites is 1. The maximum atomic E-state index is 12.6. The van der Waals surface area contributed by atoms with Gasteiger partial charge in [0.05, 0.1) is 5.54 Å². The second-order valence-electron chi connectivity index (χ2n) is 8.31. The summed E-state index contributed by atoms with van der Waals surface area (Å²) in [5.41, 5.74) is 7.92. The number of hydrogen-bond donors (Lipinski definition) is 0. The van der Waals surface area contributed by atoms with Crippen LogP contribution in [0.3, 0.4) is 0 Å². The molecule has 29 heavy (non-hydrogen) atoms. The standard InChI is InChI=1S/C25H26N2O2/c1-18-22-12-13-27(24(28)29-17-19-8-4-3-5-9-19)16-21(22)15-25(18)14-20-10-6-7-11-23(20)26(25)2/h3-11,16H,12-15,17H2,1-2H3. The quantitative estimate of drug-likeness (QED) is 0.723. The van der Waals surface area contributed by atoms with Crippen LogP contribution >= 0.6 is 0 Å². The molecule has 0 saturated carbocycles. The van der Waals surface area contributed by atoms with Crippen LogP contribution in [0.4, 0.5) is 10.5 Å². The molecular formula is C25H26N2O2. The van der Waals surface area contributed by atoms with Crippen LogP contribution in [0.25, 0.3) is 0 Å². The van der Waals surface area contributed by atoms with Gasteiger partial charge in [0.1, 0.15) is 6.61 Å². The topological polar surface area (TPSA) is 32.8 Å². The molecule has 4 heteroatoms. The van der Waals surface area contributed by atoms with Crippen molar-refractivity contribution in [1.82, 2.24) is 4.90 Å². The summed E-state index contributed by atoms with van der Waals surface area (Å²) in [6.07, 6.45) is 4.64. The summed E-state index contributed by atoms with van der Waals surface area (Å²) in [4.78, 5) is 16.8. The molecule has 148 valence electrons. The third kappa shape index (κ3) is 2.86. The van der Waals surface area contributed by atoms with E-state index in [9.17, 15) is 4.79 Å². The van der Waals surface area contributed by atoms with Crippen LogP contribution < -0.4 is 4.90 Å². The Balaban J connectivity index is 1.35. The molecule has 0 radical (unpaired) electrons. The number of hydrogen-bond acceptors (Lipinski definition) is 3. The van der Waals surface area contributed by atoms with E-state index in [0.29, 0.717) is 13.2 Å². The molecule has 2 aromatic carbocycles. The van der Waals surface area contributed by atoms with Gasteiger partial charge in [-0.1, -0.05) is 48.5 Å². The van der Waals surface area contributed by atoms with Crippen molar-refractivity contribution < 1.29 is 9.53 Å². The van der Waals surface area contributed by atoms with Crippen LogP contribution in [-0.4, -0.2) is 30.1 Å². The Morgan fingerprint density at radius 3 is 2.62 bits per heavy atom. The monoisotopic (exact) mass is 386 g/mol. The van der Waals surface area contributed by atoms with Crippen molar-refractivity contribution in [3.05, 3.63) is 88.6 Å². The number of ether oxygens (including phenoxy) is 1. The molecule has 4 nitrogen and oxygen atoms in total. The van der Waals surface area contributed by atoms with Crippen LogP contribution in [0, 0.1) is 0 Å². The molecule has 0 fully saturated rings. The van der Waals surface area contributed by atoms with Crippen LogP contribution in [0.1, 0.15) is 30.9 Å². The Kier molecular flexibility index (Phi) is 4.23. The van der Waals surface area contributed by atoms with E-state index in [1.165, 1.54) is 28.0 Å². The molecule has 1 amide bonds. The fourth-order valence-corrected chi connectivity index (χ4v) is 5.20. The smallest absolute Gasteiger partial charge is 0.414 e. The average molecular weight is 386 g/mol. The van der Waals surface area contributed by atoms with Gasteiger partial charge in [0.2, 0.25) is 0 Å². The van der Waals surface area contributed by atoms with Gasteiger partial charge in [-0.2, -0.15) is 0 Å². The second kappa shape index (κ2) is 6.80. The minimum Gasteiger partial charge on any atom is -0.444 e. The van der Waals surface area contributed by atoms with E-state index in [0.717, 1.165) is 24.8 Å². The van der Waals surface area contributed by atoms with Crippen molar-refractivity contribution in [2.45, 2.75) is 38.3 Å². The molecule has 1 unspecified atom stereocenters. The second-order valence-corrected chi connectivity index (χ2v) is 8.31. The molecule has 0 saturated heterocycles. The number of carbonyl (C=O) groups is 1. The summed E-state index contributed by atoms with van der Waals surface area (Å²) in [5, 5.41) is 0. The molecule has 2 aromatic rings. The predicted molar refractivity (Wildman–Crippen MR) is 115 cm³/mol. The van der Waals surface area contributed by atoms with E-state index in [1.807, 2.05) is 36.5 Å². The molecule has 3 aliphatic rings. The summed E-state index contributed by atoms with van der Waals surface area (Å²) in [6.45, 7) is 3.27. The lowest BCUT2D eigenvalue weighted by Gasteiger charge is -2.36. The van der Waals surface area contributed by atoms with E-state index in [1.54, 1.807) is 4.90 Å². The van der Waals surface area contributed by atoms with Crippen molar-refractivity contribution in [3.8, 4) is 0 Å². The van der Waals surface area contributed by atoms with E-state index in [-0.39, 0.29) is 11.6 Å². The fraction of sp³-hybridized carbons (Fsp3) is 0.320. The van der Waals surface area contributed by atoms with Crippen molar-refractivity contribution in [2.24, 2.45) is 0 Å². The average Bonchev–Trinajstić information content (AvgIpc) is 3.20. The van der Waals surface area contributed by atoms with Gasteiger partial charge in [-0.25, -0.2) is 4.79 Å². The Morgan fingerprint density at radius 1 is 1.07 bits per heavy atom. The van der Waals surface area contributed by atoms with Gasteiger partial charge in [0.25, 0.3) is 0 Å². The van der Waals surface area contributed by atoms with Gasteiger partial charge in [-0.3, -0.25) is 4.90 Å². The molecule has 2 heterocycles. The first-order chi connectivity index (χ1) is 14.1. The molecule has 2 aliphatic heterocycles. The summed E-state index contributed by atoms with van der Waals surface area (Å²) < 4.78 is 5.55. The number of fused-ring (bicyclic) bond motifs is 2. The Hall–Kier alpha value is -3.01. The van der Waals surface area contributed by atoms with Crippen molar-refractivity contribution >= 4 is 11.8 Å². The van der Waals surface area contributed by atoms with Gasteiger partial charge in [-0.05, 0) is 47.3 Å². The third-order valence-electron chi connectivity index (χ3n) is 6.85. The summed E-state index contributed by atoms with van der Waals surface area (Å²) >= 11 is 0. The molecule has 0 N–H and O–H groups in total. The van der Waals surface area contributed by atoms with Gasteiger partial charge in [0, 0.05) is 38.3 Å². The lowest BCUT2D eigenvalue weighted by molar-refractivity contribution is 0.110. The highest BCUT2D eigenvalue weighted by molar-refractivity contribution is 5.72. The highest BCUT2D eigenvalue weighted by Gasteiger charge is 2.49. The normalized spacial score (nSPS) is 22.6. The highest BCUT2D eigenvalue weighted by Crippen LogP contribution is 2.52. The fourth-order valence-electron chi connectivity index (χ4n) is 5.20. The van der Waals surface area contributed by atoms with E-state index >= 15 is 0 Å². The first kappa shape index (κ1) is 18.0. The first-order valence-corrected chi connectivity index (χ1v) is 10.3. The zero-order valence-electron chi connectivity index (χ0n) is 17.0. The van der Waals surface area contributed by atoms with E-state index in [4.69, 9.17) is 4.74 Å². The zero-order valence-corrected chi connectivity index (χ0v) is 17.0. The Bertz CT molecular complexity index is 1020. The number of amides is 1. The largest absolute Gasteiger partial charge is 0.444 e. The molecular weight excluding hydrogens is 360 g/mol. The van der Waals surface area contributed by atoms with Gasteiger partial charge in [0.15, 0.2) is 0 Å². The van der Waals surface area contributed by atoms with Crippen molar-refractivity contribution in [3.63, 3.8) is 0 Å². The molecule has 1 aliphatic carbocycles. The molecule has 0 aromatic heterocycles. The van der Waals surface area contributed by atoms with Crippen molar-refractivity contribution in [2.75, 3.05) is 18.5 Å². The molecule has 0 bridgehead atoms. The van der Waals surface area contributed by atoms with E-state index in [2.05, 4.69) is 43.1 Å².